The van der Waals surface area contributed by atoms with Gasteiger partial charge in [-0.15, -0.1) is 11.3 Å². The number of nitrogens with zero attached hydrogens (tertiary/aromatic N) is 1. The topological polar surface area (TPSA) is 23.1 Å². The molecule has 1 aromatic carbocycles. The maximum absolute atomic E-state index is 12.2. The molecule has 2 aromatic rings. The summed E-state index contributed by atoms with van der Waals surface area (Å²) >= 11 is 1.88. The molecule has 1 aromatic heterocycles. The third-order valence-electron chi connectivity index (χ3n) is 5.05. The Morgan fingerprint density at radius 3 is 2.55 bits per heavy atom. The van der Waals surface area contributed by atoms with Crippen LogP contribution in [0.15, 0.2) is 41.3 Å². The van der Waals surface area contributed by atoms with E-state index in [1.807, 2.05) is 11.3 Å². The Hall–Kier alpha value is -1.42. The summed E-state index contributed by atoms with van der Waals surface area (Å²) in [6.45, 7) is 1.42. The first-order valence-electron chi connectivity index (χ1n) is 8.07. The third kappa shape index (κ3) is 2.43. The number of aryl methyl sites for hydroxylation is 2. The molecule has 0 N–H and O–H groups in total. The van der Waals surface area contributed by atoms with E-state index < -0.39 is 0 Å². The standard InChI is InChI=1S/C19H21NOS/c1-20(21)11-8-15(9-12-20)19-16-5-3-2-4-14(16)6-7-18-17(19)10-13-22-18/h2-5,10,13H,6-9,11-12H2,1H3. The van der Waals surface area contributed by atoms with Crippen LogP contribution in [0.1, 0.15) is 34.4 Å². The molecule has 4 rings (SSSR count). The number of piperidine rings is 1. The van der Waals surface area contributed by atoms with Gasteiger partial charge >= 0.3 is 0 Å². The Kier molecular flexibility index (Phi) is 3.44. The van der Waals surface area contributed by atoms with Crippen molar-refractivity contribution in [2.45, 2.75) is 25.7 Å². The van der Waals surface area contributed by atoms with Crippen LogP contribution in [-0.4, -0.2) is 24.8 Å². The number of likely N-dealkylation sites (tertiary alicyclic amines) is 1. The number of hydrogen-bond acceptors (Lipinski definition) is 2. The number of thiophene rings is 1. The highest BCUT2D eigenvalue weighted by Gasteiger charge is 2.26. The molecule has 0 amide bonds. The maximum Gasteiger partial charge on any atom is 0.0820 e. The highest BCUT2D eigenvalue weighted by molar-refractivity contribution is 7.10. The van der Waals surface area contributed by atoms with Gasteiger partial charge in [0.25, 0.3) is 0 Å². The van der Waals surface area contributed by atoms with Crippen LogP contribution >= 0.6 is 11.3 Å². The van der Waals surface area contributed by atoms with Crippen molar-refractivity contribution in [3.63, 3.8) is 0 Å². The SMILES string of the molecule is C[N+]1([O-])CCC(=C2c3ccccc3CCc3sccc32)CC1. The summed E-state index contributed by atoms with van der Waals surface area (Å²) < 4.78 is -0.0884. The lowest BCUT2D eigenvalue weighted by Gasteiger charge is -2.43. The van der Waals surface area contributed by atoms with Gasteiger partial charge in [0.2, 0.25) is 0 Å². The molecule has 0 radical (unpaired) electrons. The minimum atomic E-state index is -0.0884. The van der Waals surface area contributed by atoms with E-state index in [1.54, 1.807) is 7.05 Å². The van der Waals surface area contributed by atoms with Gasteiger partial charge in [0.15, 0.2) is 0 Å². The van der Waals surface area contributed by atoms with Crippen LogP contribution in [-0.2, 0) is 12.8 Å². The maximum atomic E-state index is 12.2. The molecule has 0 unspecified atom stereocenters. The van der Waals surface area contributed by atoms with Crippen molar-refractivity contribution in [2.24, 2.45) is 0 Å². The molecule has 1 aliphatic carbocycles. The highest BCUT2D eigenvalue weighted by atomic mass is 32.1. The number of rotatable bonds is 0. The van der Waals surface area contributed by atoms with Crippen LogP contribution in [0.5, 0.6) is 0 Å². The fourth-order valence-electron chi connectivity index (χ4n) is 3.74. The quantitative estimate of drug-likeness (QED) is 0.523. The number of hydrogen-bond donors (Lipinski definition) is 0. The van der Waals surface area contributed by atoms with Crippen molar-refractivity contribution in [1.29, 1.82) is 0 Å². The van der Waals surface area contributed by atoms with Crippen LogP contribution in [0.25, 0.3) is 5.57 Å². The zero-order valence-corrected chi connectivity index (χ0v) is 13.8. The molecule has 0 spiro atoms. The van der Waals surface area contributed by atoms with Gasteiger partial charge in [0, 0.05) is 17.7 Å². The molecule has 2 aliphatic rings. The predicted molar refractivity (Wildman–Crippen MR) is 92.7 cm³/mol. The van der Waals surface area contributed by atoms with E-state index in [2.05, 4.69) is 35.7 Å². The van der Waals surface area contributed by atoms with Gasteiger partial charge in [-0.3, -0.25) is 0 Å². The molecule has 114 valence electrons. The number of hydroxylamine groups is 3. The molecule has 0 bridgehead atoms. The van der Waals surface area contributed by atoms with Crippen molar-refractivity contribution in [2.75, 3.05) is 20.1 Å². The van der Waals surface area contributed by atoms with Crippen LogP contribution in [0.4, 0.5) is 0 Å². The minimum Gasteiger partial charge on any atom is -0.633 e. The van der Waals surface area contributed by atoms with Crippen molar-refractivity contribution in [1.82, 2.24) is 0 Å². The first-order chi connectivity index (χ1) is 10.6. The van der Waals surface area contributed by atoms with E-state index in [-0.39, 0.29) is 4.65 Å². The molecular weight excluding hydrogens is 290 g/mol. The van der Waals surface area contributed by atoms with Crippen LogP contribution in [0.2, 0.25) is 0 Å². The van der Waals surface area contributed by atoms with Gasteiger partial charge in [-0.25, -0.2) is 0 Å². The third-order valence-corrected chi connectivity index (χ3v) is 6.03. The fraction of sp³-hybridized carbons (Fsp3) is 0.368. The molecule has 1 fully saturated rings. The summed E-state index contributed by atoms with van der Waals surface area (Å²) in [7, 11) is 1.80. The molecule has 2 heterocycles. The lowest BCUT2D eigenvalue weighted by molar-refractivity contribution is -0.863. The van der Waals surface area contributed by atoms with Crippen LogP contribution in [0.3, 0.4) is 0 Å². The summed E-state index contributed by atoms with van der Waals surface area (Å²) in [5.41, 5.74) is 7.20. The summed E-state index contributed by atoms with van der Waals surface area (Å²) in [6.07, 6.45) is 4.11. The van der Waals surface area contributed by atoms with E-state index in [4.69, 9.17) is 0 Å². The fourth-order valence-corrected chi connectivity index (χ4v) is 4.63. The number of benzene rings is 1. The predicted octanol–water partition coefficient (Wildman–Crippen LogP) is 4.39. The molecular formula is C19H21NOS. The Morgan fingerprint density at radius 1 is 0.955 bits per heavy atom. The molecule has 1 aliphatic heterocycles. The summed E-state index contributed by atoms with van der Waals surface area (Å²) in [6, 6.07) is 11.1. The summed E-state index contributed by atoms with van der Waals surface area (Å²) in [4.78, 5) is 1.50. The second-order valence-electron chi connectivity index (χ2n) is 6.64. The summed E-state index contributed by atoms with van der Waals surface area (Å²) in [5.74, 6) is 0. The number of quaternary nitrogens is 1. The van der Waals surface area contributed by atoms with Crippen molar-refractivity contribution in [3.8, 4) is 0 Å². The second-order valence-corrected chi connectivity index (χ2v) is 7.64. The first kappa shape index (κ1) is 14.2. The lowest BCUT2D eigenvalue weighted by atomic mass is 9.87. The molecule has 0 atom stereocenters. The lowest BCUT2D eigenvalue weighted by Crippen LogP contribution is -2.42. The zero-order chi connectivity index (χ0) is 15.2. The summed E-state index contributed by atoms with van der Waals surface area (Å²) in [5, 5.41) is 14.4. The largest absolute Gasteiger partial charge is 0.633 e. The van der Waals surface area contributed by atoms with Gasteiger partial charge in [-0.1, -0.05) is 29.8 Å². The Morgan fingerprint density at radius 2 is 1.73 bits per heavy atom. The number of fused-ring (bicyclic) bond motifs is 2. The van der Waals surface area contributed by atoms with Crippen molar-refractivity contribution < 1.29 is 4.65 Å². The van der Waals surface area contributed by atoms with E-state index in [1.165, 1.54) is 32.7 Å². The van der Waals surface area contributed by atoms with E-state index >= 15 is 0 Å². The Bertz CT molecular complexity index is 729. The van der Waals surface area contributed by atoms with Crippen molar-refractivity contribution >= 4 is 16.9 Å². The van der Waals surface area contributed by atoms with E-state index in [9.17, 15) is 5.21 Å². The Balaban J connectivity index is 1.88. The monoisotopic (exact) mass is 311 g/mol. The molecule has 0 saturated carbocycles. The van der Waals surface area contributed by atoms with Crippen LogP contribution in [0, 0.1) is 5.21 Å². The van der Waals surface area contributed by atoms with Crippen LogP contribution < -0.4 is 0 Å². The normalized spacial score (nSPS) is 24.6. The van der Waals surface area contributed by atoms with E-state index in [0.29, 0.717) is 13.1 Å². The van der Waals surface area contributed by atoms with Gasteiger partial charge in [-0.05, 0) is 46.6 Å². The zero-order valence-electron chi connectivity index (χ0n) is 13.0. The van der Waals surface area contributed by atoms with Gasteiger partial charge < -0.3 is 9.85 Å². The average molecular weight is 311 g/mol. The Labute approximate surface area is 135 Å². The van der Waals surface area contributed by atoms with Gasteiger partial charge in [-0.2, -0.15) is 0 Å². The van der Waals surface area contributed by atoms with Crippen molar-refractivity contribution in [3.05, 3.63) is 68.1 Å². The van der Waals surface area contributed by atoms with E-state index in [0.717, 1.165) is 25.7 Å². The molecule has 2 nitrogen and oxygen atoms in total. The molecule has 1 saturated heterocycles. The highest BCUT2D eigenvalue weighted by Crippen LogP contribution is 2.40. The molecule has 3 heteroatoms. The second kappa shape index (κ2) is 5.34. The van der Waals surface area contributed by atoms with Gasteiger partial charge in [0.05, 0.1) is 20.1 Å². The smallest absolute Gasteiger partial charge is 0.0820 e. The first-order valence-corrected chi connectivity index (χ1v) is 8.95. The molecule has 22 heavy (non-hydrogen) atoms. The minimum absolute atomic E-state index is 0.0884. The van der Waals surface area contributed by atoms with Gasteiger partial charge in [0.1, 0.15) is 0 Å². The average Bonchev–Trinajstić information content (AvgIpc) is 2.91.